The Morgan fingerprint density at radius 1 is 1.30 bits per heavy atom. The van der Waals surface area contributed by atoms with Gasteiger partial charge in [0.05, 0.1) is 5.69 Å². The molecule has 9 heteroatoms. The number of H-pyrrole nitrogens is 1. The second-order valence-electron chi connectivity index (χ2n) is 3.86. The third-order valence-corrected chi connectivity index (χ3v) is 2.44. The molecule has 6 nitrogen and oxygen atoms in total. The van der Waals surface area contributed by atoms with Crippen LogP contribution in [0.2, 0.25) is 0 Å². The number of ether oxygens (including phenoxy) is 1. The molecule has 0 atom stereocenters. The maximum Gasteiger partial charge on any atom is 0.573 e. The molecular weight excluding hydrogens is 277 g/mol. The summed E-state index contributed by atoms with van der Waals surface area (Å²) in [6, 6.07) is 4.90. The maximum atomic E-state index is 12.0. The molecule has 0 aliphatic rings. The molecule has 3 N–H and O–H groups in total. The third-order valence-electron chi connectivity index (χ3n) is 2.44. The van der Waals surface area contributed by atoms with Gasteiger partial charge in [-0.25, -0.2) is 14.5 Å². The van der Waals surface area contributed by atoms with Crippen LogP contribution in [-0.2, 0) is 6.42 Å². The molecule has 0 aliphatic heterocycles. The highest BCUT2D eigenvalue weighted by atomic mass is 19.4. The molecule has 1 heterocycles. The minimum Gasteiger partial charge on any atom is -0.406 e. The Hall–Kier alpha value is -2.29. The van der Waals surface area contributed by atoms with Crippen molar-refractivity contribution in [2.24, 2.45) is 5.73 Å². The SMILES string of the molecule is NCCc1n[nH]c(=O)n1-c1ccc(OC(F)(F)F)cc1. The van der Waals surface area contributed by atoms with Crippen LogP contribution in [-0.4, -0.2) is 27.7 Å². The quantitative estimate of drug-likeness (QED) is 0.877. The van der Waals surface area contributed by atoms with Crippen molar-refractivity contribution in [2.75, 3.05) is 6.54 Å². The summed E-state index contributed by atoms with van der Waals surface area (Å²) in [5.41, 5.74) is 5.28. The molecule has 0 saturated heterocycles. The Morgan fingerprint density at radius 3 is 2.50 bits per heavy atom. The van der Waals surface area contributed by atoms with Crippen LogP contribution in [0, 0.1) is 0 Å². The molecule has 1 aromatic carbocycles. The predicted octanol–water partition coefficient (Wildman–Crippen LogP) is 0.960. The number of aromatic nitrogens is 3. The van der Waals surface area contributed by atoms with Crippen molar-refractivity contribution in [1.82, 2.24) is 14.8 Å². The van der Waals surface area contributed by atoms with Gasteiger partial charge in [-0.05, 0) is 30.8 Å². The minimum absolute atomic E-state index is 0.291. The first-order valence-electron chi connectivity index (χ1n) is 5.63. The van der Waals surface area contributed by atoms with E-state index in [9.17, 15) is 18.0 Å². The fourth-order valence-electron chi connectivity index (χ4n) is 1.69. The summed E-state index contributed by atoms with van der Waals surface area (Å²) in [6.07, 6.45) is -4.39. The van der Waals surface area contributed by atoms with E-state index in [4.69, 9.17) is 5.73 Å². The second kappa shape index (κ2) is 5.37. The van der Waals surface area contributed by atoms with E-state index in [0.717, 1.165) is 12.1 Å². The van der Waals surface area contributed by atoms with Crippen LogP contribution in [0.5, 0.6) is 5.75 Å². The van der Waals surface area contributed by atoms with Gasteiger partial charge in [0.25, 0.3) is 0 Å². The zero-order valence-electron chi connectivity index (χ0n) is 10.1. The lowest BCUT2D eigenvalue weighted by Crippen LogP contribution is -2.19. The number of rotatable bonds is 4. The molecule has 0 aliphatic carbocycles. The summed E-state index contributed by atoms with van der Waals surface area (Å²) in [6.45, 7) is 0.291. The van der Waals surface area contributed by atoms with Crippen molar-refractivity contribution < 1.29 is 17.9 Å². The van der Waals surface area contributed by atoms with Crippen molar-refractivity contribution in [3.8, 4) is 11.4 Å². The van der Waals surface area contributed by atoms with Crippen LogP contribution in [0.3, 0.4) is 0 Å². The Balaban J connectivity index is 2.31. The Bertz CT molecular complexity index is 630. The van der Waals surface area contributed by atoms with Gasteiger partial charge in [0, 0.05) is 6.42 Å². The predicted molar refractivity (Wildman–Crippen MR) is 63.6 cm³/mol. The van der Waals surface area contributed by atoms with Gasteiger partial charge in [0.2, 0.25) is 0 Å². The molecular formula is C11H11F3N4O2. The number of nitrogens with two attached hydrogens (primary N) is 1. The molecule has 108 valence electrons. The zero-order chi connectivity index (χ0) is 14.8. The van der Waals surface area contributed by atoms with Crippen LogP contribution in [0.25, 0.3) is 5.69 Å². The van der Waals surface area contributed by atoms with Crippen molar-refractivity contribution in [2.45, 2.75) is 12.8 Å². The number of nitrogens with one attached hydrogen (secondary N) is 1. The largest absolute Gasteiger partial charge is 0.573 e. The average Bonchev–Trinajstić information content (AvgIpc) is 2.70. The highest BCUT2D eigenvalue weighted by Crippen LogP contribution is 2.23. The average molecular weight is 288 g/mol. The van der Waals surface area contributed by atoms with Gasteiger partial charge in [-0.15, -0.1) is 13.2 Å². The lowest BCUT2D eigenvalue weighted by molar-refractivity contribution is -0.274. The van der Waals surface area contributed by atoms with Crippen LogP contribution < -0.4 is 16.2 Å². The van der Waals surface area contributed by atoms with E-state index >= 15 is 0 Å². The van der Waals surface area contributed by atoms with E-state index in [1.54, 1.807) is 0 Å². The summed E-state index contributed by atoms with van der Waals surface area (Å²) in [5.74, 6) is 0.0418. The molecule has 2 rings (SSSR count). The second-order valence-corrected chi connectivity index (χ2v) is 3.86. The van der Waals surface area contributed by atoms with Crippen molar-refractivity contribution in [3.63, 3.8) is 0 Å². The van der Waals surface area contributed by atoms with Crippen LogP contribution in [0.4, 0.5) is 13.2 Å². The fraction of sp³-hybridized carbons (Fsp3) is 0.273. The lowest BCUT2D eigenvalue weighted by atomic mass is 10.3. The van der Waals surface area contributed by atoms with Gasteiger partial charge in [-0.2, -0.15) is 5.10 Å². The first kappa shape index (κ1) is 14.1. The van der Waals surface area contributed by atoms with E-state index in [1.807, 2.05) is 0 Å². The molecule has 20 heavy (non-hydrogen) atoms. The molecule has 0 spiro atoms. The summed E-state index contributed by atoms with van der Waals surface area (Å²) in [5, 5.41) is 6.06. The molecule has 1 aromatic heterocycles. The smallest absolute Gasteiger partial charge is 0.406 e. The Labute approximate surface area is 111 Å². The van der Waals surface area contributed by atoms with Gasteiger partial charge in [-0.1, -0.05) is 0 Å². The Morgan fingerprint density at radius 2 is 1.95 bits per heavy atom. The number of alkyl halides is 3. The lowest BCUT2D eigenvalue weighted by Gasteiger charge is -2.10. The van der Waals surface area contributed by atoms with Gasteiger partial charge >= 0.3 is 12.1 Å². The number of halogens is 3. The standard InChI is InChI=1S/C11H11F3N4O2/c12-11(13,14)20-8-3-1-7(2-4-8)18-9(5-6-15)16-17-10(18)19/h1-4H,5-6,15H2,(H,17,19). The third kappa shape index (κ3) is 3.18. The number of hydrogen-bond donors (Lipinski definition) is 2. The van der Waals surface area contributed by atoms with Crippen LogP contribution >= 0.6 is 0 Å². The van der Waals surface area contributed by atoms with Gasteiger partial charge in [0.1, 0.15) is 11.6 Å². The van der Waals surface area contributed by atoms with Crippen LogP contribution in [0.1, 0.15) is 5.82 Å². The molecule has 0 unspecified atom stereocenters. The number of hydrogen-bond acceptors (Lipinski definition) is 4. The van der Waals surface area contributed by atoms with Gasteiger partial charge in [0.15, 0.2) is 0 Å². The molecule has 0 fully saturated rings. The highest BCUT2D eigenvalue weighted by Gasteiger charge is 2.31. The van der Waals surface area contributed by atoms with E-state index in [-0.39, 0.29) is 5.75 Å². The van der Waals surface area contributed by atoms with E-state index in [2.05, 4.69) is 14.9 Å². The number of benzene rings is 1. The van der Waals surface area contributed by atoms with E-state index < -0.39 is 12.1 Å². The van der Waals surface area contributed by atoms with Crippen molar-refractivity contribution >= 4 is 0 Å². The number of nitrogens with zero attached hydrogens (tertiary/aromatic N) is 2. The van der Waals surface area contributed by atoms with E-state index in [0.29, 0.717) is 24.5 Å². The summed E-state index contributed by atoms with van der Waals surface area (Å²) >= 11 is 0. The van der Waals surface area contributed by atoms with Gasteiger partial charge in [-0.3, -0.25) is 0 Å². The van der Waals surface area contributed by atoms with Crippen molar-refractivity contribution in [3.05, 3.63) is 40.6 Å². The molecule has 0 radical (unpaired) electrons. The highest BCUT2D eigenvalue weighted by molar-refractivity contribution is 5.38. The summed E-state index contributed by atoms with van der Waals surface area (Å²) in [7, 11) is 0. The van der Waals surface area contributed by atoms with E-state index in [1.165, 1.54) is 16.7 Å². The molecule has 0 amide bonds. The first-order chi connectivity index (χ1) is 9.40. The topological polar surface area (TPSA) is 85.9 Å². The maximum absolute atomic E-state index is 12.0. The van der Waals surface area contributed by atoms with Gasteiger partial charge < -0.3 is 10.5 Å². The summed E-state index contributed by atoms with van der Waals surface area (Å²) < 4.78 is 41.1. The molecule has 2 aromatic rings. The Kier molecular flexibility index (Phi) is 3.79. The monoisotopic (exact) mass is 288 g/mol. The fourth-order valence-corrected chi connectivity index (χ4v) is 1.69. The first-order valence-corrected chi connectivity index (χ1v) is 5.63. The molecule has 0 saturated carbocycles. The normalized spacial score (nSPS) is 11.6. The molecule has 0 bridgehead atoms. The van der Waals surface area contributed by atoms with Crippen molar-refractivity contribution in [1.29, 1.82) is 0 Å². The summed E-state index contributed by atoms with van der Waals surface area (Å²) in [4.78, 5) is 11.6. The number of aromatic amines is 1. The van der Waals surface area contributed by atoms with Crippen LogP contribution in [0.15, 0.2) is 29.1 Å². The minimum atomic E-state index is -4.75. The zero-order valence-corrected chi connectivity index (χ0v) is 10.1.